The van der Waals surface area contributed by atoms with Crippen LogP contribution >= 0.6 is 22.9 Å². The first-order valence-corrected chi connectivity index (χ1v) is 8.82. The maximum atomic E-state index is 11.9. The molecule has 8 heteroatoms. The van der Waals surface area contributed by atoms with Crippen LogP contribution in [0.5, 0.6) is 0 Å². The largest absolute Gasteiger partial charge is 0.352 e. The Morgan fingerprint density at radius 2 is 1.92 bits per heavy atom. The molecule has 0 saturated heterocycles. The van der Waals surface area contributed by atoms with Gasteiger partial charge in [0.25, 0.3) is 5.91 Å². The first-order valence-electron chi connectivity index (χ1n) is 7.62. The first kappa shape index (κ1) is 18.4. The highest BCUT2D eigenvalue weighted by Gasteiger charge is 2.10. The van der Waals surface area contributed by atoms with E-state index in [1.54, 1.807) is 24.3 Å². The smallest absolute Gasteiger partial charge is 0.251 e. The van der Waals surface area contributed by atoms with Gasteiger partial charge in [-0.2, -0.15) is 0 Å². The molecule has 0 saturated carbocycles. The molecule has 1 aromatic heterocycles. The highest BCUT2D eigenvalue weighted by Crippen LogP contribution is 2.22. The first-order chi connectivity index (χ1) is 11.5. The van der Waals surface area contributed by atoms with E-state index < -0.39 is 0 Å². The average Bonchev–Trinajstić information content (AvgIpc) is 3.00. The zero-order chi connectivity index (χ0) is 17.5. The third-order valence-corrected chi connectivity index (χ3v) is 4.54. The number of anilines is 1. The normalized spacial score (nSPS) is 10.7. The van der Waals surface area contributed by atoms with Crippen molar-refractivity contribution in [3.63, 3.8) is 0 Å². The Kier molecular flexibility index (Phi) is 6.69. The molecular formula is C16H19ClN4O2S. The standard InChI is InChI=1S/C16H19ClN4O2S/c1-10(2)15-20-21-16(24-15)19-13(22)4-3-9-18-14(23)11-5-7-12(17)8-6-11/h5-8,10H,3-4,9H2,1-2H3,(H,18,23)(H,19,21,22). The molecule has 2 rings (SSSR count). The molecule has 2 aromatic rings. The van der Waals surface area contributed by atoms with Crippen molar-refractivity contribution >= 4 is 39.9 Å². The second-order valence-electron chi connectivity index (χ2n) is 5.51. The van der Waals surface area contributed by atoms with E-state index in [9.17, 15) is 9.59 Å². The number of aromatic nitrogens is 2. The molecule has 1 aromatic carbocycles. The van der Waals surface area contributed by atoms with Gasteiger partial charge in [-0.05, 0) is 30.7 Å². The lowest BCUT2D eigenvalue weighted by Gasteiger charge is -2.05. The molecule has 0 radical (unpaired) electrons. The molecule has 2 amide bonds. The summed E-state index contributed by atoms with van der Waals surface area (Å²) in [5.74, 6) is -0.0313. The fraction of sp³-hybridized carbons (Fsp3) is 0.375. The van der Waals surface area contributed by atoms with E-state index in [2.05, 4.69) is 20.8 Å². The van der Waals surface area contributed by atoms with Crippen LogP contribution in [0.25, 0.3) is 0 Å². The molecule has 128 valence electrons. The second-order valence-corrected chi connectivity index (χ2v) is 6.96. The number of halogens is 1. The maximum absolute atomic E-state index is 11.9. The second kappa shape index (κ2) is 8.75. The Morgan fingerprint density at radius 3 is 2.54 bits per heavy atom. The number of carbonyl (C=O) groups excluding carboxylic acids is 2. The summed E-state index contributed by atoms with van der Waals surface area (Å²) in [7, 11) is 0. The van der Waals surface area contributed by atoms with Gasteiger partial charge < -0.3 is 10.6 Å². The summed E-state index contributed by atoms with van der Waals surface area (Å²) in [4.78, 5) is 23.7. The SMILES string of the molecule is CC(C)c1nnc(NC(=O)CCCNC(=O)c2ccc(Cl)cc2)s1. The predicted octanol–water partition coefficient (Wildman–Crippen LogP) is 3.46. The molecule has 0 aliphatic carbocycles. The van der Waals surface area contributed by atoms with Gasteiger partial charge >= 0.3 is 0 Å². The van der Waals surface area contributed by atoms with Crippen LogP contribution in [-0.4, -0.2) is 28.6 Å². The van der Waals surface area contributed by atoms with Crippen LogP contribution < -0.4 is 10.6 Å². The van der Waals surface area contributed by atoms with E-state index in [4.69, 9.17) is 11.6 Å². The summed E-state index contributed by atoms with van der Waals surface area (Å²) in [6.07, 6.45) is 0.846. The van der Waals surface area contributed by atoms with Crippen molar-refractivity contribution < 1.29 is 9.59 Å². The average molecular weight is 367 g/mol. The molecule has 1 heterocycles. The van der Waals surface area contributed by atoms with Gasteiger partial charge in [-0.3, -0.25) is 9.59 Å². The zero-order valence-corrected chi connectivity index (χ0v) is 15.1. The van der Waals surface area contributed by atoms with Gasteiger partial charge in [-0.1, -0.05) is 36.8 Å². The van der Waals surface area contributed by atoms with Crippen LogP contribution in [0.4, 0.5) is 5.13 Å². The maximum Gasteiger partial charge on any atom is 0.251 e. The highest BCUT2D eigenvalue weighted by atomic mass is 35.5. The van der Waals surface area contributed by atoms with Crippen molar-refractivity contribution in [2.45, 2.75) is 32.6 Å². The van der Waals surface area contributed by atoms with Gasteiger partial charge in [0.1, 0.15) is 5.01 Å². The Bertz CT molecular complexity index is 700. The monoisotopic (exact) mass is 366 g/mol. The van der Waals surface area contributed by atoms with Crippen molar-refractivity contribution in [1.29, 1.82) is 0 Å². The van der Waals surface area contributed by atoms with Gasteiger partial charge in [0, 0.05) is 29.5 Å². The van der Waals surface area contributed by atoms with Crippen LogP contribution in [0.3, 0.4) is 0 Å². The predicted molar refractivity (Wildman–Crippen MR) is 95.6 cm³/mol. The highest BCUT2D eigenvalue weighted by molar-refractivity contribution is 7.15. The Balaban J connectivity index is 1.68. The van der Waals surface area contributed by atoms with Gasteiger partial charge in [0.05, 0.1) is 0 Å². The lowest BCUT2D eigenvalue weighted by atomic mass is 10.2. The number of nitrogens with one attached hydrogen (secondary N) is 2. The quantitative estimate of drug-likeness (QED) is 0.735. The molecule has 0 unspecified atom stereocenters. The van der Waals surface area contributed by atoms with Gasteiger partial charge in [0.2, 0.25) is 11.0 Å². The summed E-state index contributed by atoms with van der Waals surface area (Å²) in [5.41, 5.74) is 0.541. The minimum absolute atomic E-state index is 0.137. The van der Waals surface area contributed by atoms with Crippen LogP contribution in [0.15, 0.2) is 24.3 Å². The van der Waals surface area contributed by atoms with Crippen LogP contribution in [-0.2, 0) is 4.79 Å². The van der Waals surface area contributed by atoms with Crippen molar-refractivity contribution in [2.24, 2.45) is 0 Å². The summed E-state index contributed by atoms with van der Waals surface area (Å²) in [6.45, 7) is 4.47. The Labute approximate surface area is 149 Å². The van der Waals surface area contributed by atoms with E-state index in [0.717, 1.165) is 5.01 Å². The molecule has 0 fully saturated rings. The minimum Gasteiger partial charge on any atom is -0.352 e. The van der Waals surface area contributed by atoms with E-state index in [-0.39, 0.29) is 17.7 Å². The molecule has 2 N–H and O–H groups in total. The summed E-state index contributed by atoms with van der Waals surface area (Å²) < 4.78 is 0. The topological polar surface area (TPSA) is 84.0 Å². The number of amides is 2. The fourth-order valence-electron chi connectivity index (χ4n) is 1.85. The molecule has 6 nitrogen and oxygen atoms in total. The molecule has 0 atom stereocenters. The van der Waals surface area contributed by atoms with E-state index in [0.29, 0.717) is 35.1 Å². The molecule has 0 bridgehead atoms. The summed E-state index contributed by atoms with van der Waals surface area (Å²) in [6, 6.07) is 6.65. The van der Waals surface area contributed by atoms with Gasteiger partial charge in [-0.25, -0.2) is 0 Å². The lowest BCUT2D eigenvalue weighted by molar-refractivity contribution is -0.116. The van der Waals surface area contributed by atoms with Gasteiger partial charge in [-0.15, -0.1) is 10.2 Å². The number of benzene rings is 1. The van der Waals surface area contributed by atoms with Crippen LogP contribution in [0, 0.1) is 0 Å². The molecule has 0 aliphatic heterocycles. The zero-order valence-electron chi connectivity index (χ0n) is 13.5. The number of hydrogen-bond acceptors (Lipinski definition) is 5. The van der Waals surface area contributed by atoms with Crippen LogP contribution in [0.2, 0.25) is 5.02 Å². The van der Waals surface area contributed by atoms with Gasteiger partial charge in [0.15, 0.2) is 0 Å². The number of rotatable bonds is 7. The summed E-state index contributed by atoms with van der Waals surface area (Å²) in [5, 5.41) is 15.4. The van der Waals surface area contributed by atoms with E-state index in [1.807, 2.05) is 13.8 Å². The lowest BCUT2D eigenvalue weighted by Crippen LogP contribution is -2.25. The molecule has 0 spiro atoms. The third kappa shape index (κ3) is 5.58. The molecule has 0 aliphatic rings. The molecular weight excluding hydrogens is 348 g/mol. The van der Waals surface area contributed by atoms with Crippen molar-refractivity contribution in [3.8, 4) is 0 Å². The third-order valence-electron chi connectivity index (χ3n) is 3.15. The molecule has 24 heavy (non-hydrogen) atoms. The number of nitrogens with zero attached hydrogens (tertiary/aromatic N) is 2. The van der Waals surface area contributed by atoms with Crippen molar-refractivity contribution in [2.75, 3.05) is 11.9 Å². The Morgan fingerprint density at radius 1 is 1.21 bits per heavy atom. The Hall–Kier alpha value is -1.99. The van der Waals surface area contributed by atoms with Crippen molar-refractivity contribution in [3.05, 3.63) is 39.9 Å². The van der Waals surface area contributed by atoms with E-state index >= 15 is 0 Å². The fourth-order valence-corrected chi connectivity index (χ4v) is 2.74. The number of hydrogen-bond donors (Lipinski definition) is 2. The van der Waals surface area contributed by atoms with Crippen molar-refractivity contribution in [1.82, 2.24) is 15.5 Å². The minimum atomic E-state index is -0.183. The van der Waals surface area contributed by atoms with E-state index in [1.165, 1.54) is 11.3 Å². The van der Waals surface area contributed by atoms with Crippen LogP contribution in [0.1, 0.15) is 48.0 Å². The summed E-state index contributed by atoms with van der Waals surface area (Å²) >= 11 is 7.16. The number of carbonyl (C=O) groups is 2.